The van der Waals surface area contributed by atoms with Gasteiger partial charge in [0.2, 0.25) is 0 Å². The topological polar surface area (TPSA) is 33.2 Å². The first kappa shape index (κ1) is 9.58. The van der Waals surface area contributed by atoms with E-state index < -0.39 is 0 Å². The Kier molecular flexibility index (Phi) is 2.24. The quantitative estimate of drug-likeness (QED) is 0.667. The SMILES string of the molecule is O=C1/C(=C/c2ccncc2)N2CCC1CC2. The molecule has 0 unspecified atom stereocenters. The van der Waals surface area contributed by atoms with Crippen molar-refractivity contribution in [2.75, 3.05) is 13.1 Å². The van der Waals surface area contributed by atoms with Gasteiger partial charge in [0.05, 0.1) is 5.70 Å². The molecule has 0 saturated carbocycles. The molecule has 82 valence electrons. The average molecular weight is 214 g/mol. The zero-order valence-electron chi connectivity index (χ0n) is 9.10. The van der Waals surface area contributed by atoms with Crippen molar-refractivity contribution in [2.24, 2.45) is 5.92 Å². The van der Waals surface area contributed by atoms with Crippen LogP contribution in [0.1, 0.15) is 18.4 Å². The van der Waals surface area contributed by atoms with Crippen LogP contribution in [0.3, 0.4) is 0 Å². The third-order valence-corrected chi connectivity index (χ3v) is 3.47. The number of Topliss-reactive ketones (excluding diaryl/α,β-unsaturated/α-hetero) is 1. The molecule has 1 aromatic rings. The Labute approximate surface area is 94.8 Å². The maximum absolute atomic E-state index is 12.1. The highest BCUT2D eigenvalue weighted by atomic mass is 16.1. The van der Waals surface area contributed by atoms with Crippen LogP contribution in [0.5, 0.6) is 0 Å². The number of hydrogen-bond donors (Lipinski definition) is 0. The molecule has 0 atom stereocenters. The lowest BCUT2D eigenvalue weighted by atomic mass is 9.84. The van der Waals surface area contributed by atoms with Crippen LogP contribution in [0, 0.1) is 5.92 Å². The Bertz CT molecular complexity index is 431. The number of allylic oxidation sites excluding steroid dienone is 1. The van der Waals surface area contributed by atoms with Gasteiger partial charge in [0.15, 0.2) is 5.78 Å². The Morgan fingerprint density at radius 1 is 1.25 bits per heavy atom. The van der Waals surface area contributed by atoms with E-state index in [0.717, 1.165) is 37.2 Å². The van der Waals surface area contributed by atoms with Crippen molar-refractivity contribution in [1.82, 2.24) is 9.88 Å². The Morgan fingerprint density at radius 2 is 1.94 bits per heavy atom. The van der Waals surface area contributed by atoms with E-state index in [2.05, 4.69) is 9.88 Å². The maximum Gasteiger partial charge on any atom is 0.182 e. The van der Waals surface area contributed by atoms with Gasteiger partial charge in [-0.3, -0.25) is 9.78 Å². The number of piperidine rings is 3. The fourth-order valence-electron chi connectivity index (χ4n) is 2.53. The van der Waals surface area contributed by atoms with Gasteiger partial charge in [-0.2, -0.15) is 0 Å². The molecule has 0 aliphatic carbocycles. The minimum absolute atomic E-state index is 0.276. The van der Waals surface area contributed by atoms with Crippen LogP contribution in [0.4, 0.5) is 0 Å². The third kappa shape index (κ3) is 1.52. The van der Waals surface area contributed by atoms with Crippen molar-refractivity contribution in [2.45, 2.75) is 12.8 Å². The molecule has 4 rings (SSSR count). The smallest absolute Gasteiger partial charge is 0.182 e. The lowest BCUT2D eigenvalue weighted by molar-refractivity contribution is -0.125. The van der Waals surface area contributed by atoms with E-state index in [1.165, 1.54) is 0 Å². The molecule has 1 aromatic heterocycles. The van der Waals surface area contributed by atoms with Gasteiger partial charge in [0.1, 0.15) is 0 Å². The van der Waals surface area contributed by atoms with Crippen LogP contribution in [-0.4, -0.2) is 28.8 Å². The van der Waals surface area contributed by atoms with Crippen molar-refractivity contribution in [3.05, 3.63) is 35.8 Å². The molecule has 4 heterocycles. The molecular weight excluding hydrogens is 200 g/mol. The second kappa shape index (κ2) is 3.74. The molecule has 0 amide bonds. The molecule has 3 fully saturated rings. The summed E-state index contributed by atoms with van der Waals surface area (Å²) >= 11 is 0. The second-order valence-electron chi connectivity index (χ2n) is 4.44. The summed E-state index contributed by atoms with van der Waals surface area (Å²) in [6, 6.07) is 3.87. The molecule has 3 aliphatic heterocycles. The van der Waals surface area contributed by atoms with Crippen LogP contribution in [0.25, 0.3) is 6.08 Å². The van der Waals surface area contributed by atoms with Crippen LogP contribution in [0.15, 0.2) is 30.2 Å². The molecule has 3 saturated heterocycles. The number of nitrogens with zero attached hydrogens (tertiary/aromatic N) is 2. The highest BCUT2D eigenvalue weighted by Gasteiger charge is 2.36. The van der Waals surface area contributed by atoms with E-state index >= 15 is 0 Å². The van der Waals surface area contributed by atoms with E-state index in [-0.39, 0.29) is 5.92 Å². The Hall–Kier alpha value is -1.64. The van der Waals surface area contributed by atoms with E-state index in [0.29, 0.717) is 5.78 Å². The van der Waals surface area contributed by atoms with E-state index in [1.807, 2.05) is 18.2 Å². The van der Waals surface area contributed by atoms with Crippen LogP contribution < -0.4 is 0 Å². The molecule has 0 aromatic carbocycles. The predicted molar refractivity (Wildman–Crippen MR) is 61.5 cm³/mol. The summed E-state index contributed by atoms with van der Waals surface area (Å²) in [5, 5.41) is 0. The number of fused-ring (bicyclic) bond motifs is 3. The highest BCUT2D eigenvalue weighted by molar-refractivity contribution is 6.01. The second-order valence-corrected chi connectivity index (χ2v) is 4.44. The molecule has 0 N–H and O–H groups in total. The van der Waals surface area contributed by atoms with Crippen molar-refractivity contribution in [3.8, 4) is 0 Å². The first-order valence-corrected chi connectivity index (χ1v) is 5.75. The summed E-state index contributed by atoms with van der Waals surface area (Å²) in [7, 11) is 0. The van der Waals surface area contributed by atoms with Gasteiger partial charge >= 0.3 is 0 Å². The van der Waals surface area contributed by atoms with Gasteiger partial charge in [-0.15, -0.1) is 0 Å². The first-order chi connectivity index (χ1) is 7.84. The van der Waals surface area contributed by atoms with Crippen molar-refractivity contribution in [1.29, 1.82) is 0 Å². The zero-order chi connectivity index (χ0) is 11.0. The molecule has 3 aliphatic rings. The van der Waals surface area contributed by atoms with E-state index in [1.54, 1.807) is 12.4 Å². The zero-order valence-corrected chi connectivity index (χ0v) is 9.10. The van der Waals surface area contributed by atoms with Gasteiger partial charge in [0, 0.05) is 31.4 Å². The number of ketones is 1. The normalized spacial score (nSPS) is 23.1. The van der Waals surface area contributed by atoms with Gasteiger partial charge in [-0.1, -0.05) is 0 Å². The Morgan fingerprint density at radius 3 is 2.56 bits per heavy atom. The molecule has 2 bridgehead atoms. The molecular formula is C13H14N2O. The molecule has 3 heteroatoms. The van der Waals surface area contributed by atoms with Crippen molar-refractivity contribution < 1.29 is 4.79 Å². The highest BCUT2D eigenvalue weighted by Crippen LogP contribution is 2.32. The predicted octanol–water partition coefficient (Wildman–Crippen LogP) is 1.72. The van der Waals surface area contributed by atoms with Gasteiger partial charge in [-0.25, -0.2) is 0 Å². The van der Waals surface area contributed by atoms with Crippen LogP contribution in [-0.2, 0) is 4.79 Å². The molecule has 3 nitrogen and oxygen atoms in total. The van der Waals surface area contributed by atoms with Crippen molar-refractivity contribution in [3.63, 3.8) is 0 Å². The third-order valence-electron chi connectivity index (χ3n) is 3.47. The van der Waals surface area contributed by atoms with Gasteiger partial charge in [0.25, 0.3) is 0 Å². The lowest BCUT2D eigenvalue weighted by Gasteiger charge is -2.41. The number of rotatable bonds is 1. The number of hydrogen-bond acceptors (Lipinski definition) is 3. The molecule has 16 heavy (non-hydrogen) atoms. The minimum atomic E-state index is 0.276. The van der Waals surface area contributed by atoms with Crippen LogP contribution >= 0.6 is 0 Å². The summed E-state index contributed by atoms with van der Waals surface area (Å²) in [6.45, 7) is 2.07. The number of pyridine rings is 1. The largest absolute Gasteiger partial charge is 0.369 e. The van der Waals surface area contributed by atoms with E-state index in [9.17, 15) is 4.79 Å². The number of carbonyl (C=O) groups excluding carboxylic acids is 1. The van der Waals surface area contributed by atoms with Gasteiger partial charge < -0.3 is 4.90 Å². The number of aromatic nitrogens is 1. The summed E-state index contributed by atoms with van der Waals surface area (Å²) in [6.07, 6.45) is 7.58. The van der Waals surface area contributed by atoms with Crippen molar-refractivity contribution >= 4 is 11.9 Å². The summed E-state index contributed by atoms with van der Waals surface area (Å²) in [5.74, 6) is 0.604. The average Bonchev–Trinajstić information content (AvgIpc) is 2.36. The summed E-state index contributed by atoms with van der Waals surface area (Å²) in [4.78, 5) is 18.3. The standard InChI is InChI=1S/C13H14N2O/c16-13-11-3-7-15(8-4-11)12(13)9-10-1-5-14-6-2-10/h1-2,5-6,9,11H,3-4,7-8H2/b12-9-. The first-order valence-electron chi connectivity index (χ1n) is 5.75. The van der Waals surface area contributed by atoms with Gasteiger partial charge in [-0.05, 0) is 36.6 Å². The lowest BCUT2D eigenvalue weighted by Crippen LogP contribution is -2.45. The van der Waals surface area contributed by atoms with Crippen LogP contribution in [0.2, 0.25) is 0 Å². The minimum Gasteiger partial charge on any atom is -0.369 e. The fourth-order valence-corrected chi connectivity index (χ4v) is 2.53. The maximum atomic E-state index is 12.1. The molecule has 0 spiro atoms. The summed E-state index contributed by atoms with van der Waals surface area (Å²) < 4.78 is 0. The number of carbonyl (C=O) groups is 1. The Balaban J connectivity index is 1.95. The monoisotopic (exact) mass is 214 g/mol. The summed E-state index contributed by atoms with van der Waals surface area (Å²) in [5.41, 5.74) is 1.96. The van der Waals surface area contributed by atoms with E-state index in [4.69, 9.17) is 0 Å². The molecule has 0 radical (unpaired) electrons. The fraction of sp³-hybridized carbons (Fsp3) is 0.385.